The zero-order chi connectivity index (χ0) is 12.4. The fourth-order valence-corrected chi connectivity index (χ4v) is 1.36. The summed E-state index contributed by atoms with van der Waals surface area (Å²) >= 11 is 0. The third-order valence-electron chi connectivity index (χ3n) is 2.39. The molecule has 0 saturated heterocycles. The highest BCUT2D eigenvalue weighted by Gasteiger charge is 2.13. The number of unbranched alkanes of at least 4 members (excludes halogenated alkanes) is 4. The van der Waals surface area contributed by atoms with Crippen molar-refractivity contribution in [1.29, 1.82) is 0 Å². The number of carbonyl (C=O) groups excluding carboxylic acids is 1. The maximum atomic E-state index is 11.2. The SMILES string of the molecule is C=C(C)C(=O)OC(CCCCCCC)OC. The first kappa shape index (κ1) is 15.2. The van der Waals surface area contributed by atoms with Crippen LogP contribution in [0.2, 0.25) is 0 Å². The maximum absolute atomic E-state index is 11.2. The summed E-state index contributed by atoms with van der Waals surface area (Å²) in [7, 11) is 1.56. The van der Waals surface area contributed by atoms with Crippen LogP contribution in [0.1, 0.15) is 52.4 Å². The number of hydrogen-bond donors (Lipinski definition) is 0. The number of ether oxygens (including phenoxy) is 2. The van der Waals surface area contributed by atoms with E-state index in [9.17, 15) is 4.79 Å². The molecule has 1 unspecified atom stereocenters. The van der Waals surface area contributed by atoms with E-state index in [1.165, 1.54) is 25.7 Å². The molecule has 0 rings (SSSR count). The van der Waals surface area contributed by atoms with E-state index in [2.05, 4.69) is 13.5 Å². The molecule has 16 heavy (non-hydrogen) atoms. The normalized spacial score (nSPS) is 12.2. The van der Waals surface area contributed by atoms with E-state index in [0.29, 0.717) is 5.57 Å². The molecule has 0 aromatic carbocycles. The molecule has 0 amide bonds. The van der Waals surface area contributed by atoms with Crippen LogP contribution in [0.25, 0.3) is 0 Å². The summed E-state index contributed by atoms with van der Waals surface area (Å²) in [5.41, 5.74) is 0.410. The van der Waals surface area contributed by atoms with Gasteiger partial charge in [-0.25, -0.2) is 4.79 Å². The molecule has 0 radical (unpaired) electrons. The van der Waals surface area contributed by atoms with Crippen molar-refractivity contribution >= 4 is 5.97 Å². The topological polar surface area (TPSA) is 35.5 Å². The van der Waals surface area contributed by atoms with Crippen LogP contribution in [-0.4, -0.2) is 19.4 Å². The lowest BCUT2D eigenvalue weighted by molar-refractivity contribution is -0.169. The van der Waals surface area contributed by atoms with Crippen molar-refractivity contribution in [3.63, 3.8) is 0 Å². The second kappa shape index (κ2) is 9.40. The van der Waals surface area contributed by atoms with Gasteiger partial charge in [0.2, 0.25) is 6.29 Å². The van der Waals surface area contributed by atoms with Gasteiger partial charge in [-0.1, -0.05) is 39.2 Å². The predicted octanol–water partition coefficient (Wildman–Crippen LogP) is 3.44. The monoisotopic (exact) mass is 228 g/mol. The van der Waals surface area contributed by atoms with Crippen LogP contribution in [0.3, 0.4) is 0 Å². The first-order valence-corrected chi connectivity index (χ1v) is 6.01. The summed E-state index contributed by atoms with van der Waals surface area (Å²) < 4.78 is 10.2. The molecule has 0 bridgehead atoms. The highest BCUT2D eigenvalue weighted by Crippen LogP contribution is 2.11. The van der Waals surface area contributed by atoms with Crippen molar-refractivity contribution in [2.24, 2.45) is 0 Å². The van der Waals surface area contributed by atoms with Gasteiger partial charge in [-0.15, -0.1) is 0 Å². The third kappa shape index (κ3) is 7.46. The molecule has 3 heteroatoms. The van der Waals surface area contributed by atoms with E-state index < -0.39 is 6.29 Å². The minimum Gasteiger partial charge on any atom is -0.432 e. The van der Waals surface area contributed by atoms with E-state index in [1.54, 1.807) is 14.0 Å². The van der Waals surface area contributed by atoms with Crippen molar-refractivity contribution in [1.82, 2.24) is 0 Å². The molecule has 0 heterocycles. The van der Waals surface area contributed by atoms with Crippen molar-refractivity contribution in [2.45, 2.75) is 58.7 Å². The Kier molecular flexibility index (Phi) is 8.91. The Hall–Kier alpha value is -0.830. The van der Waals surface area contributed by atoms with Crippen LogP contribution in [0.4, 0.5) is 0 Å². The van der Waals surface area contributed by atoms with Crippen molar-refractivity contribution in [3.8, 4) is 0 Å². The highest BCUT2D eigenvalue weighted by atomic mass is 16.7. The maximum Gasteiger partial charge on any atom is 0.335 e. The second-order valence-electron chi connectivity index (χ2n) is 4.05. The minimum absolute atomic E-state index is 0.375. The Morgan fingerprint density at radius 2 is 1.88 bits per heavy atom. The molecule has 0 aliphatic heterocycles. The largest absolute Gasteiger partial charge is 0.432 e. The van der Waals surface area contributed by atoms with Gasteiger partial charge in [-0.05, 0) is 13.3 Å². The number of methoxy groups -OCH3 is 1. The fraction of sp³-hybridized carbons (Fsp3) is 0.769. The lowest BCUT2D eigenvalue weighted by Crippen LogP contribution is -2.20. The van der Waals surface area contributed by atoms with Crippen LogP contribution in [-0.2, 0) is 14.3 Å². The molecular formula is C13H24O3. The quantitative estimate of drug-likeness (QED) is 0.262. The van der Waals surface area contributed by atoms with Crippen LogP contribution in [0.5, 0.6) is 0 Å². The minimum atomic E-state index is -0.425. The Morgan fingerprint density at radius 1 is 1.25 bits per heavy atom. The van der Waals surface area contributed by atoms with Gasteiger partial charge in [0.25, 0.3) is 0 Å². The van der Waals surface area contributed by atoms with E-state index in [-0.39, 0.29) is 5.97 Å². The summed E-state index contributed by atoms with van der Waals surface area (Å²) in [6, 6.07) is 0. The van der Waals surface area contributed by atoms with Gasteiger partial charge in [-0.3, -0.25) is 0 Å². The Balaban J connectivity index is 3.67. The smallest absolute Gasteiger partial charge is 0.335 e. The summed E-state index contributed by atoms with van der Waals surface area (Å²) in [6.07, 6.45) is 6.27. The van der Waals surface area contributed by atoms with E-state index >= 15 is 0 Å². The van der Waals surface area contributed by atoms with Crippen molar-refractivity contribution in [3.05, 3.63) is 12.2 Å². The Morgan fingerprint density at radius 3 is 2.38 bits per heavy atom. The molecule has 0 aliphatic carbocycles. The molecule has 0 N–H and O–H groups in total. The third-order valence-corrected chi connectivity index (χ3v) is 2.39. The van der Waals surface area contributed by atoms with Gasteiger partial charge in [0, 0.05) is 19.1 Å². The van der Waals surface area contributed by atoms with Crippen LogP contribution in [0, 0.1) is 0 Å². The van der Waals surface area contributed by atoms with Crippen LogP contribution in [0.15, 0.2) is 12.2 Å². The molecule has 94 valence electrons. The average molecular weight is 228 g/mol. The van der Waals surface area contributed by atoms with Gasteiger partial charge < -0.3 is 9.47 Å². The highest BCUT2D eigenvalue weighted by molar-refractivity contribution is 5.86. The predicted molar refractivity (Wildman–Crippen MR) is 65.1 cm³/mol. The summed E-state index contributed by atoms with van der Waals surface area (Å²) in [5.74, 6) is -0.375. The summed E-state index contributed by atoms with van der Waals surface area (Å²) in [5, 5.41) is 0. The first-order chi connectivity index (χ1) is 7.61. The van der Waals surface area contributed by atoms with E-state index in [0.717, 1.165) is 12.8 Å². The fourth-order valence-electron chi connectivity index (χ4n) is 1.36. The number of rotatable bonds is 9. The van der Waals surface area contributed by atoms with Crippen LogP contribution >= 0.6 is 0 Å². The lowest BCUT2D eigenvalue weighted by Gasteiger charge is -2.15. The van der Waals surface area contributed by atoms with Crippen molar-refractivity contribution in [2.75, 3.05) is 7.11 Å². The summed E-state index contributed by atoms with van der Waals surface area (Å²) in [4.78, 5) is 11.2. The Bertz CT molecular complexity index is 211. The first-order valence-electron chi connectivity index (χ1n) is 6.01. The standard InChI is InChI=1S/C13H24O3/c1-5-6-7-8-9-10-12(15-4)16-13(14)11(2)3/h12H,2,5-10H2,1,3-4H3. The lowest BCUT2D eigenvalue weighted by atomic mass is 10.1. The Labute approximate surface area is 98.8 Å². The molecule has 0 saturated carbocycles. The molecule has 0 fully saturated rings. The molecule has 0 spiro atoms. The zero-order valence-electron chi connectivity index (χ0n) is 10.8. The molecule has 1 atom stereocenters. The van der Waals surface area contributed by atoms with E-state index in [1.807, 2.05) is 0 Å². The van der Waals surface area contributed by atoms with Crippen LogP contribution < -0.4 is 0 Å². The second-order valence-corrected chi connectivity index (χ2v) is 4.05. The van der Waals surface area contributed by atoms with Gasteiger partial charge in [0.1, 0.15) is 0 Å². The van der Waals surface area contributed by atoms with Gasteiger partial charge in [-0.2, -0.15) is 0 Å². The number of carbonyl (C=O) groups is 1. The number of esters is 1. The average Bonchev–Trinajstić information content (AvgIpc) is 2.26. The molecule has 0 aromatic heterocycles. The van der Waals surface area contributed by atoms with E-state index in [4.69, 9.17) is 9.47 Å². The summed E-state index contributed by atoms with van der Waals surface area (Å²) in [6.45, 7) is 7.36. The van der Waals surface area contributed by atoms with Gasteiger partial charge >= 0.3 is 5.97 Å². The molecule has 0 aromatic rings. The van der Waals surface area contributed by atoms with Gasteiger partial charge in [0.05, 0.1) is 0 Å². The number of hydrogen-bond acceptors (Lipinski definition) is 3. The zero-order valence-corrected chi connectivity index (χ0v) is 10.8. The van der Waals surface area contributed by atoms with Crippen molar-refractivity contribution < 1.29 is 14.3 Å². The van der Waals surface area contributed by atoms with Gasteiger partial charge in [0.15, 0.2) is 0 Å². The molecule has 3 nitrogen and oxygen atoms in total. The molecule has 0 aliphatic rings. The molecular weight excluding hydrogens is 204 g/mol.